The Morgan fingerprint density at radius 2 is 1.50 bits per heavy atom. The van der Waals surface area contributed by atoms with E-state index in [0.29, 0.717) is 36.8 Å². The zero-order valence-corrected chi connectivity index (χ0v) is 29.4. The van der Waals surface area contributed by atoms with Crippen LogP contribution >= 0.6 is 0 Å². The van der Waals surface area contributed by atoms with Gasteiger partial charge < -0.3 is 34.1 Å². The summed E-state index contributed by atoms with van der Waals surface area (Å²) in [4.78, 5) is 31.8. The maximum absolute atomic E-state index is 13.6. The number of hydrogen-bond donors (Lipinski definition) is 2. The summed E-state index contributed by atoms with van der Waals surface area (Å²) in [5, 5.41) is 7.10. The van der Waals surface area contributed by atoms with Crippen molar-refractivity contribution in [2.45, 2.75) is 34.2 Å². The van der Waals surface area contributed by atoms with Crippen molar-refractivity contribution in [2.75, 3.05) is 79.2 Å². The van der Waals surface area contributed by atoms with Crippen LogP contribution in [0.1, 0.15) is 56.8 Å². The maximum Gasteiger partial charge on any atom is 0.273 e. The summed E-state index contributed by atoms with van der Waals surface area (Å²) in [6, 6.07) is 16.5. The number of carbonyl (C=O) groups excluding carboxylic acids is 2. The van der Waals surface area contributed by atoms with Gasteiger partial charge in [-0.25, -0.2) is 5.43 Å². The van der Waals surface area contributed by atoms with Crippen LogP contribution in [-0.4, -0.2) is 102 Å². The minimum absolute atomic E-state index is 0.152. The standard InChI is InChI=1S/C37H51N5O6/c1-8-42(9-2)16-15-41(5)26-30-11-10-12-31(22-30)36(43)39-33-24-35(48-20-18-46-7)34(47-19-17-45-6)23-32(33)37(44)40-38-25-29-14-13-27(3)28(4)21-29/h10-14,21-25H,8-9,15-20,26H2,1-7H3,(H,39,43)(H,40,44). The van der Waals surface area contributed by atoms with Crippen molar-refractivity contribution in [1.82, 2.24) is 15.2 Å². The molecular formula is C37H51N5O6. The number of hydrazone groups is 1. The summed E-state index contributed by atoms with van der Waals surface area (Å²) >= 11 is 0. The first-order chi connectivity index (χ1) is 23.2. The number of amides is 2. The van der Waals surface area contributed by atoms with Gasteiger partial charge in [-0.05, 0) is 74.4 Å². The number of carbonyl (C=O) groups is 2. The predicted octanol–water partition coefficient (Wildman–Crippen LogP) is 5.14. The second-order valence-electron chi connectivity index (χ2n) is 11.5. The fourth-order valence-electron chi connectivity index (χ4n) is 4.87. The highest BCUT2D eigenvalue weighted by molar-refractivity contribution is 6.09. The van der Waals surface area contributed by atoms with E-state index in [1.807, 2.05) is 50.2 Å². The second kappa shape index (κ2) is 20.2. The molecule has 11 heteroatoms. The Balaban J connectivity index is 1.88. The van der Waals surface area contributed by atoms with E-state index in [1.165, 1.54) is 11.6 Å². The molecule has 0 aliphatic rings. The zero-order chi connectivity index (χ0) is 34.9. The molecule has 0 fully saturated rings. The molecule has 0 saturated heterocycles. The molecule has 0 saturated carbocycles. The van der Waals surface area contributed by atoms with Crippen LogP contribution in [0, 0.1) is 13.8 Å². The van der Waals surface area contributed by atoms with E-state index in [2.05, 4.69) is 46.5 Å². The molecule has 0 aliphatic carbocycles. The van der Waals surface area contributed by atoms with E-state index < -0.39 is 5.91 Å². The van der Waals surface area contributed by atoms with Crippen LogP contribution < -0.4 is 20.2 Å². The number of benzene rings is 3. The van der Waals surface area contributed by atoms with Gasteiger partial charge in [0.15, 0.2) is 11.5 Å². The number of ether oxygens (including phenoxy) is 4. The Morgan fingerprint density at radius 3 is 2.15 bits per heavy atom. The van der Waals surface area contributed by atoms with Crippen molar-refractivity contribution in [3.63, 3.8) is 0 Å². The summed E-state index contributed by atoms with van der Waals surface area (Å²) in [5.74, 6) is -0.239. The number of aryl methyl sites for hydroxylation is 2. The van der Waals surface area contributed by atoms with Crippen molar-refractivity contribution in [3.05, 3.63) is 88.0 Å². The van der Waals surface area contributed by atoms with Gasteiger partial charge in [0.2, 0.25) is 0 Å². The van der Waals surface area contributed by atoms with E-state index in [0.717, 1.165) is 42.9 Å². The lowest BCUT2D eigenvalue weighted by molar-refractivity contribution is 0.0955. The molecule has 0 heterocycles. The third-order valence-electron chi connectivity index (χ3n) is 7.91. The van der Waals surface area contributed by atoms with E-state index >= 15 is 0 Å². The van der Waals surface area contributed by atoms with Crippen molar-refractivity contribution in [3.8, 4) is 11.5 Å². The summed E-state index contributed by atoms with van der Waals surface area (Å²) in [7, 11) is 5.22. The summed E-state index contributed by atoms with van der Waals surface area (Å²) in [5.41, 5.74) is 7.58. The molecule has 0 radical (unpaired) electrons. The number of nitrogens with zero attached hydrogens (tertiary/aromatic N) is 3. The zero-order valence-electron chi connectivity index (χ0n) is 29.4. The topological polar surface area (TPSA) is 114 Å². The number of methoxy groups -OCH3 is 2. The summed E-state index contributed by atoms with van der Waals surface area (Å²) < 4.78 is 22.1. The lowest BCUT2D eigenvalue weighted by Crippen LogP contribution is -2.32. The number of anilines is 1. The van der Waals surface area contributed by atoms with Gasteiger partial charge in [-0.1, -0.05) is 44.2 Å². The van der Waals surface area contributed by atoms with Crippen LogP contribution in [0.4, 0.5) is 5.69 Å². The molecule has 3 aromatic carbocycles. The number of rotatable bonds is 20. The lowest BCUT2D eigenvalue weighted by atomic mass is 10.1. The normalized spacial score (nSPS) is 11.4. The monoisotopic (exact) mass is 661 g/mol. The van der Waals surface area contributed by atoms with Gasteiger partial charge in [0.25, 0.3) is 11.8 Å². The predicted molar refractivity (Wildman–Crippen MR) is 191 cm³/mol. The smallest absolute Gasteiger partial charge is 0.273 e. The SMILES string of the molecule is CCN(CC)CCN(C)Cc1cccc(C(=O)Nc2cc(OCCOC)c(OCCOC)cc2C(=O)NN=Cc2ccc(C)c(C)c2)c1. The van der Waals surface area contributed by atoms with Gasteiger partial charge in [0.1, 0.15) is 13.2 Å². The Labute approximate surface area is 285 Å². The molecule has 2 N–H and O–H groups in total. The van der Waals surface area contributed by atoms with Crippen molar-refractivity contribution < 1.29 is 28.5 Å². The van der Waals surface area contributed by atoms with Crippen LogP contribution in [-0.2, 0) is 16.0 Å². The van der Waals surface area contributed by atoms with Gasteiger partial charge in [0, 0.05) is 45.5 Å². The minimum atomic E-state index is -0.533. The van der Waals surface area contributed by atoms with Crippen LogP contribution in [0.5, 0.6) is 11.5 Å². The van der Waals surface area contributed by atoms with Gasteiger partial charge in [-0.2, -0.15) is 5.10 Å². The van der Waals surface area contributed by atoms with Gasteiger partial charge >= 0.3 is 0 Å². The fourth-order valence-corrected chi connectivity index (χ4v) is 4.87. The Morgan fingerprint density at radius 1 is 0.812 bits per heavy atom. The molecular weight excluding hydrogens is 610 g/mol. The second-order valence-corrected chi connectivity index (χ2v) is 11.5. The maximum atomic E-state index is 13.6. The average molecular weight is 662 g/mol. The van der Waals surface area contributed by atoms with E-state index in [4.69, 9.17) is 18.9 Å². The van der Waals surface area contributed by atoms with Crippen molar-refractivity contribution in [1.29, 1.82) is 0 Å². The van der Waals surface area contributed by atoms with Gasteiger partial charge in [-0.15, -0.1) is 0 Å². The van der Waals surface area contributed by atoms with Crippen LogP contribution in [0.15, 0.2) is 59.7 Å². The molecule has 0 aliphatic heterocycles. The first kappa shape index (κ1) is 38.2. The molecule has 0 spiro atoms. The number of likely N-dealkylation sites (N-methyl/N-ethyl adjacent to an activating group) is 2. The molecule has 0 atom stereocenters. The number of hydrogen-bond acceptors (Lipinski definition) is 9. The highest BCUT2D eigenvalue weighted by Crippen LogP contribution is 2.34. The third kappa shape index (κ3) is 12.1. The first-order valence-corrected chi connectivity index (χ1v) is 16.3. The Kier molecular flexibility index (Phi) is 16.0. The average Bonchev–Trinajstić information content (AvgIpc) is 3.07. The molecule has 3 rings (SSSR count). The molecule has 3 aromatic rings. The molecule has 0 unspecified atom stereocenters. The fraction of sp³-hybridized carbons (Fsp3) is 0.432. The highest BCUT2D eigenvalue weighted by atomic mass is 16.5. The van der Waals surface area contributed by atoms with E-state index in [1.54, 1.807) is 32.6 Å². The van der Waals surface area contributed by atoms with Crippen molar-refractivity contribution in [2.24, 2.45) is 5.10 Å². The quantitative estimate of drug-likeness (QED) is 0.0973. The highest BCUT2D eigenvalue weighted by Gasteiger charge is 2.20. The van der Waals surface area contributed by atoms with Crippen LogP contribution in [0.3, 0.4) is 0 Å². The first-order valence-electron chi connectivity index (χ1n) is 16.3. The molecule has 0 bridgehead atoms. The van der Waals surface area contributed by atoms with Crippen molar-refractivity contribution >= 4 is 23.7 Å². The summed E-state index contributed by atoms with van der Waals surface area (Å²) in [6.45, 7) is 14.1. The number of nitrogens with one attached hydrogen (secondary N) is 2. The lowest BCUT2D eigenvalue weighted by Gasteiger charge is -2.23. The van der Waals surface area contributed by atoms with Gasteiger partial charge in [0.05, 0.1) is 30.7 Å². The van der Waals surface area contributed by atoms with Gasteiger partial charge in [-0.3, -0.25) is 9.59 Å². The Hall–Kier alpha value is -4.29. The largest absolute Gasteiger partial charge is 0.487 e. The molecule has 11 nitrogen and oxygen atoms in total. The summed E-state index contributed by atoms with van der Waals surface area (Å²) in [6.07, 6.45) is 1.57. The third-order valence-corrected chi connectivity index (χ3v) is 7.91. The van der Waals surface area contributed by atoms with E-state index in [9.17, 15) is 9.59 Å². The molecule has 0 aromatic heterocycles. The van der Waals surface area contributed by atoms with Crippen LogP contribution in [0.2, 0.25) is 0 Å². The van der Waals surface area contributed by atoms with Crippen LogP contribution in [0.25, 0.3) is 0 Å². The molecule has 2 amide bonds. The Bertz CT molecular complexity index is 1510. The van der Waals surface area contributed by atoms with E-state index in [-0.39, 0.29) is 30.4 Å². The minimum Gasteiger partial charge on any atom is -0.487 e. The molecule has 48 heavy (non-hydrogen) atoms. The molecule has 260 valence electrons.